The molecule has 1 atom stereocenters. The van der Waals surface area contributed by atoms with Gasteiger partial charge in [0.15, 0.2) is 0 Å². The first-order chi connectivity index (χ1) is 8.15. The monoisotopic (exact) mass is 240 g/mol. The maximum Gasteiger partial charge on any atom is 0.132 e. The third-order valence-electron chi connectivity index (χ3n) is 2.79. The molecular formula is C14H21FO2. The van der Waals surface area contributed by atoms with Crippen molar-refractivity contribution in [2.24, 2.45) is 0 Å². The summed E-state index contributed by atoms with van der Waals surface area (Å²) in [5.41, 5.74) is 0.498. The molecule has 0 aliphatic rings. The van der Waals surface area contributed by atoms with Crippen molar-refractivity contribution >= 4 is 0 Å². The van der Waals surface area contributed by atoms with Crippen LogP contribution in [0.15, 0.2) is 18.2 Å². The molecule has 2 nitrogen and oxygen atoms in total. The number of halogens is 1. The molecule has 1 aromatic rings. The second-order valence-electron chi connectivity index (χ2n) is 4.28. The van der Waals surface area contributed by atoms with Gasteiger partial charge in [-0.25, -0.2) is 4.39 Å². The van der Waals surface area contributed by atoms with E-state index in [2.05, 4.69) is 6.92 Å². The fourth-order valence-electron chi connectivity index (χ4n) is 1.72. The van der Waals surface area contributed by atoms with Gasteiger partial charge in [0.2, 0.25) is 0 Å². The third-order valence-corrected chi connectivity index (χ3v) is 2.79. The SMILES string of the molecule is CCCCCCOC(C)c1ccc(O)cc1F. The van der Waals surface area contributed by atoms with Crippen LogP contribution in [0.4, 0.5) is 4.39 Å². The molecule has 0 aliphatic carbocycles. The van der Waals surface area contributed by atoms with E-state index in [-0.39, 0.29) is 11.9 Å². The number of phenolic OH excluding ortho intramolecular Hbond substituents is 1. The highest BCUT2D eigenvalue weighted by molar-refractivity contribution is 5.28. The van der Waals surface area contributed by atoms with Crippen LogP contribution in [0.2, 0.25) is 0 Å². The first kappa shape index (κ1) is 14.0. The number of benzene rings is 1. The smallest absolute Gasteiger partial charge is 0.132 e. The Morgan fingerprint density at radius 1 is 1.29 bits per heavy atom. The van der Waals surface area contributed by atoms with E-state index >= 15 is 0 Å². The van der Waals surface area contributed by atoms with Crippen molar-refractivity contribution in [2.75, 3.05) is 6.61 Å². The average Bonchev–Trinajstić information content (AvgIpc) is 2.28. The molecule has 1 aromatic carbocycles. The molecule has 0 heterocycles. The fraction of sp³-hybridized carbons (Fsp3) is 0.571. The van der Waals surface area contributed by atoms with Crippen LogP contribution in [0.1, 0.15) is 51.2 Å². The van der Waals surface area contributed by atoms with Crippen molar-refractivity contribution in [1.29, 1.82) is 0 Å². The summed E-state index contributed by atoms with van der Waals surface area (Å²) in [6.07, 6.45) is 4.31. The number of phenols is 1. The molecule has 0 bridgehead atoms. The Labute approximate surface area is 102 Å². The van der Waals surface area contributed by atoms with Crippen LogP contribution in [0.25, 0.3) is 0 Å². The lowest BCUT2D eigenvalue weighted by atomic mass is 10.1. The number of rotatable bonds is 7. The molecule has 0 amide bonds. The van der Waals surface area contributed by atoms with E-state index in [9.17, 15) is 4.39 Å². The summed E-state index contributed by atoms with van der Waals surface area (Å²) in [7, 11) is 0. The van der Waals surface area contributed by atoms with Gasteiger partial charge in [-0.1, -0.05) is 26.2 Å². The Morgan fingerprint density at radius 2 is 2.06 bits per heavy atom. The lowest BCUT2D eigenvalue weighted by molar-refractivity contribution is 0.0604. The first-order valence-corrected chi connectivity index (χ1v) is 6.25. The number of ether oxygens (including phenoxy) is 1. The van der Waals surface area contributed by atoms with Gasteiger partial charge in [0.25, 0.3) is 0 Å². The van der Waals surface area contributed by atoms with Gasteiger partial charge in [-0.2, -0.15) is 0 Å². The minimum absolute atomic E-state index is 0.0543. The molecule has 1 N–H and O–H groups in total. The quantitative estimate of drug-likeness (QED) is 0.724. The zero-order chi connectivity index (χ0) is 12.7. The van der Waals surface area contributed by atoms with E-state index in [1.807, 2.05) is 6.92 Å². The normalized spacial score (nSPS) is 12.6. The minimum atomic E-state index is -0.411. The molecule has 96 valence electrons. The highest BCUT2D eigenvalue weighted by atomic mass is 19.1. The first-order valence-electron chi connectivity index (χ1n) is 6.25. The van der Waals surface area contributed by atoms with Crippen molar-refractivity contribution in [3.8, 4) is 5.75 Å². The van der Waals surface area contributed by atoms with E-state index in [4.69, 9.17) is 9.84 Å². The predicted octanol–water partition coefficient (Wildman–Crippen LogP) is 4.19. The van der Waals surface area contributed by atoms with Crippen LogP contribution in [0.3, 0.4) is 0 Å². The number of hydrogen-bond donors (Lipinski definition) is 1. The van der Waals surface area contributed by atoms with Gasteiger partial charge in [-0.3, -0.25) is 0 Å². The zero-order valence-electron chi connectivity index (χ0n) is 10.6. The summed E-state index contributed by atoms with van der Waals surface area (Å²) in [5.74, 6) is -0.465. The summed E-state index contributed by atoms with van der Waals surface area (Å²) in [4.78, 5) is 0. The highest BCUT2D eigenvalue weighted by Gasteiger charge is 2.11. The molecule has 0 saturated carbocycles. The summed E-state index contributed by atoms with van der Waals surface area (Å²) < 4.78 is 19.1. The van der Waals surface area contributed by atoms with Crippen molar-refractivity contribution in [3.63, 3.8) is 0 Å². The van der Waals surface area contributed by atoms with Crippen LogP contribution in [0.5, 0.6) is 5.75 Å². The summed E-state index contributed by atoms with van der Waals surface area (Å²) >= 11 is 0. The Morgan fingerprint density at radius 3 is 2.71 bits per heavy atom. The van der Waals surface area contributed by atoms with E-state index < -0.39 is 5.82 Å². The molecular weight excluding hydrogens is 219 g/mol. The van der Waals surface area contributed by atoms with Gasteiger partial charge in [0.1, 0.15) is 11.6 Å². The van der Waals surface area contributed by atoms with Gasteiger partial charge in [0, 0.05) is 18.2 Å². The van der Waals surface area contributed by atoms with Crippen LogP contribution >= 0.6 is 0 Å². The Hall–Kier alpha value is -1.09. The van der Waals surface area contributed by atoms with E-state index in [1.165, 1.54) is 18.9 Å². The largest absolute Gasteiger partial charge is 0.508 e. The Kier molecular flexibility index (Phi) is 5.98. The topological polar surface area (TPSA) is 29.5 Å². The van der Waals surface area contributed by atoms with E-state index in [1.54, 1.807) is 6.07 Å². The van der Waals surface area contributed by atoms with E-state index in [0.717, 1.165) is 18.9 Å². The second-order valence-corrected chi connectivity index (χ2v) is 4.28. The van der Waals surface area contributed by atoms with Crippen molar-refractivity contribution in [1.82, 2.24) is 0 Å². The summed E-state index contributed by atoms with van der Waals surface area (Å²) in [6.45, 7) is 4.64. The molecule has 3 heteroatoms. The standard InChI is InChI=1S/C14H21FO2/c1-3-4-5-6-9-17-11(2)13-8-7-12(16)10-14(13)15/h7-8,10-11,16H,3-6,9H2,1-2H3. The molecule has 17 heavy (non-hydrogen) atoms. The van der Waals surface area contributed by atoms with Crippen LogP contribution < -0.4 is 0 Å². The van der Waals surface area contributed by atoms with Crippen molar-refractivity contribution in [3.05, 3.63) is 29.6 Å². The molecule has 0 fully saturated rings. The molecule has 0 spiro atoms. The number of hydrogen-bond acceptors (Lipinski definition) is 2. The summed E-state index contributed by atoms with van der Waals surface area (Å²) in [6, 6.07) is 4.17. The molecule has 0 saturated heterocycles. The van der Waals surface area contributed by atoms with Crippen molar-refractivity contribution < 1.29 is 14.2 Å². The van der Waals surface area contributed by atoms with Gasteiger partial charge in [-0.05, 0) is 25.5 Å². The van der Waals surface area contributed by atoms with Gasteiger partial charge < -0.3 is 9.84 Å². The fourth-order valence-corrected chi connectivity index (χ4v) is 1.72. The predicted molar refractivity (Wildman–Crippen MR) is 66.6 cm³/mol. The van der Waals surface area contributed by atoms with Crippen LogP contribution in [-0.4, -0.2) is 11.7 Å². The van der Waals surface area contributed by atoms with Gasteiger partial charge in [0.05, 0.1) is 6.10 Å². The lowest BCUT2D eigenvalue weighted by Gasteiger charge is -2.14. The number of unbranched alkanes of at least 4 members (excludes halogenated alkanes) is 3. The number of aromatic hydroxyl groups is 1. The Bertz CT molecular complexity index is 339. The van der Waals surface area contributed by atoms with Crippen LogP contribution in [0, 0.1) is 5.82 Å². The highest BCUT2D eigenvalue weighted by Crippen LogP contribution is 2.23. The zero-order valence-corrected chi connectivity index (χ0v) is 10.6. The average molecular weight is 240 g/mol. The molecule has 1 unspecified atom stereocenters. The Balaban J connectivity index is 2.38. The molecule has 0 radical (unpaired) electrons. The lowest BCUT2D eigenvalue weighted by Crippen LogP contribution is -2.04. The maximum absolute atomic E-state index is 13.5. The minimum Gasteiger partial charge on any atom is -0.508 e. The molecule has 0 aromatic heterocycles. The summed E-state index contributed by atoms with van der Waals surface area (Å²) in [5, 5.41) is 9.11. The van der Waals surface area contributed by atoms with Gasteiger partial charge in [-0.15, -0.1) is 0 Å². The van der Waals surface area contributed by atoms with Crippen molar-refractivity contribution in [2.45, 2.75) is 45.6 Å². The third kappa shape index (κ3) is 4.73. The molecule has 0 aliphatic heterocycles. The van der Waals surface area contributed by atoms with E-state index in [0.29, 0.717) is 12.2 Å². The van der Waals surface area contributed by atoms with Gasteiger partial charge >= 0.3 is 0 Å². The van der Waals surface area contributed by atoms with Crippen LogP contribution in [-0.2, 0) is 4.74 Å². The molecule has 1 rings (SSSR count). The maximum atomic E-state index is 13.5. The second kappa shape index (κ2) is 7.28.